The van der Waals surface area contributed by atoms with Gasteiger partial charge in [0.05, 0.1) is 25.0 Å². The van der Waals surface area contributed by atoms with Crippen molar-refractivity contribution in [3.63, 3.8) is 0 Å². The SMILES string of the molecule is COC[C@H](CC(=O)OC(C)(C)C)C(=O)N[C@@H](Cc1ccc(F)cc1)C(=O)CCc1cccc2ccccc12. The number of hydrogen-bond acceptors (Lipinski definition) is 5. The van der Waals surface area contributed by atoms with Crippen LogP contribution in [0.4, 0.5) is 4.39 Å². The van der Waals surface area contributed by atoms with E-state index < -0.39 is 29.4 Å². The first-order chi connectivity index (χ1) is 18.1. The molecule has 0 fully saturated rings. The predicted octanol–water partition coefficient (Wildman–Crippen LogP) is 5.20. The van der Waals surface area contributed by atoms with Gasteiger partial charge in [0.1, 0.15) is 11.4 Å². The second kappa shape index (κ2) is 13.3. The molecular weight excluding hydrogens is 485 g/mol. The van der Waals surface area contributed by atoms with E-state index in [4.69, 9.17) is 9.47 Å². The Kier molecular flexibility index (Phi) is 10.1. The maximum Gasteiger partial charge on any atom is 0.307 e. The largest absolute Gasteiger partial charge is 0.460 e. The number of methoxy groups -OCH3 is 1. The summed E-state index contributed by atoms with van der Waals surface area (Å²) in [6.07, 6.45) is 0.744. The molecule has 0 aliphatic heterocycles. The fraction of sp³-hybridized carbons (Fsp3) is 0.387. The van der Waals surface area contributed by atoms with Gasteiger partial charge in [0, 0.05) is 13.5 Å². The van der Waals surface area contributed by atoms with E-state index in [0.717, 1.165) is 16.3 Å². The lowest BCUT2D eigenvalue weighted by atomic mass is 9.95. The lowest BCUT2D eigenvalue weighted by Gasteiger charge is -2.24. The second-order valence-electron chi connectivity index (χ2n) is 10.4. The predicted molar refractivity (Wildman–Crippen MR) is 145 cm³/mol. The summed E-state index contributed by atoms with van der Waals surface area (Å²) in [5.41, 5.74) is 1.07. The van der Waals surface area contributed by atoms with E-state index in [1.807, 2.05) is 42.5 Å². The summed E-state index contributed by atoms with van der Waals surface area (Å²) in [4.78, 5) is 39.1. The number of ketones is 1. The number of carbonyl (C=O) groups is 3. The van der Waals surface area contributed by atoms with E-state index in [-0.39, 0.29) is 37.5 Å². The minimum absolute atomic E-state index is 0.00145. The van der Waals surface area contributed by atoms with E-state index in [2.05, 4.69) is 5.32 Å². The highest BCUT2D eigenvalue weighted by atomic mass is 19.1. The fourth-order valence-electron chi connectivity index (χ4n) is 4.35. The molecule has 3 aromatic carbocycles. The number of ether oxygens (including phenoxy) is 2. The van der Waals surface area contributed by atoms with Crippen molar-refractivity contribution in [2.24, 2.45) is 5.92 Å². The molecular formula is C31H36FNO5. The fourth-order valence-corrected chi connectivity index (χ4v) is 4.35. The van der Waals surface area contributed by atoms with Gasteiger partial charge >= 0.3 is 5.97 Å². The molecule has 38 heavy (non-hydrogen) atoms. The van der Waals surface area contributed by atoms with Crippen LogP contribution in [0.1, 0.15) is 44.7 Å². The van der Waals surface area contributed by atoms with Crippen LogP contribution in [0, 0.1) is 11.7 Å². The van der Waals surface area contributed by atoms with Gasteiger partial charge in [-0.1, -0.05) is 54.6 Å². The molecule has 1 N–H and O–H groups in total. The van der Waals surface area contributed by atoms with E-state index in [1.54, 1.807) is 32.9 Å². The summed E-state index contributed by atoms with van der Waals surface area (Å²) in [7, 11) is 1.45. The topological polar surface area (TPSA) is 81.7 Å². The average Bonchev–Trinajstić information content (AvgIpc) is 2.86. The Morgan fingerprint density at radius 2 is 1.63 bits per heavy atom. The first kappa shape index (κ1) is 29.0. The maximum absolute atomic E-state index is 13.5. The third kappa shape index (κ3) is 8.77. The number of aryl methyl sites for hydroxylation is 1. The van der Waals surface area contributed by atoms with Crippen LogP contribution in [-0.2, 0) is 36.7 Å². The van der Waals surface area contributed by atoms with Crippen LogP contribution >= 0.6 is 0 Å². The van der Waals surface area contributed by atoms with Crippen molar-refractivity contribution in [1.29, 1.82) is 0 Å². The van der Waals surface area contributed by atoms with Gasteiger partial charge in [0.25, 0.3) is 0 Å². The number of hydrogen-bond donors (Lipinski definition) is 1. The highest BCUT2D eigenvalue weighted by molar-refractivity contribution is 5.92. The molecule has 0 aliphatic carbocycles. The molecule has 6 nitrogen and oxygen atoms in total. The van der Waals surface area contributed by atoms with Crippen LogP contribution in [0.3, 0.4) is 0 Å². The normalized spacial score (nSPS) is 13.1. The number of fused-ring (bicyclic) bond motifs is 1. The lowest BCUT2D eigenvalue weighted by Crippen LogP contribution is -2.46. The summed E-state index contributed by atoms with van der Waals surface area (Å²) in [5.74, 6) is -2.34. The highest BCUT2D eigenvalue weighted by Crippen LogP contribution is 2.21. The van der Waals surface area contributed by atoms with Crippen molar-refractivity contribution in [2.45, 2.75) is 58.1 Å². The summed E-state index contributed by atoms with van der Waals surface area (Å²) < 4.78 is 24.0. The van der Waals surface area contributed by atoms with Gasteiger partial charge in [-0.25, -0.2) is 4.39 Å². The smallest absolute Gasteiger partial charge is 0.307 e. The molecule has 0 bridgehead atoms. The minimum atomic E-state index is -0.846. The van der Waals surface area contributed by atoms with Crippen LogP contribution in [0.2, 0.25) is 0 Å². The monoisotopic (exact) mass is 521 g/mol. The van der Waals surface area contributed by atoms with E-state index in [9.17, 15) is 18.8 Å². The van der Waals surface area contributed by atoms with Gasteiger partial charge in [0.2, 0.25) is 5.91 Å². The molecule has 0 heterocycles. The number of benzene rings is 3. The second-order valence-corrected chi connectivity index (χ2v) is 10.4. The molecule has 1 amide bonds. The standard InChI is InChI=1S/C31H36FNO5/c1-31(2,3)38-29(35)19-24(20-37-4)30(36)33-27(18-21-12-15-25(32)16-13-21)28(34)17-14-23-10-7-9-22-8-5-6-11-26(22)23/h5-13,15-16,24,27H,14,17-20H2,1-4H3,(H,33,36)/t24-,27-/m0/s1. The number of rotatable bonds is 12. The maximum atomic E-state index is 13.5. The molecule has 0 radical (unpaired) electrons. The number of halogens is 1. The van der Waals surface area contributed by atoms with Gasteiger partial charge in [0.15, 0.2) is 5.78 Å². The van der Waals surface area contributed by atoms with Crippen LogP contribution in [0.25, 0.3) is 10.8 Å². The van der Waals surface area contributed by atoms with E-state index in [0.29, 0.717) is 12.0 Å². The van der Waals surface area contributed by atoms with Crippen LogP contribution in [0.5, 0.6) is 0 Å². The Labute approximate surface area is 223 Å². The first-order valence-electron chi connectivity index (χ1n) is 12.8. The minimum Gasteiger partial charge on any atom is -0.460 e. The Morgan fingerprint density at radius 3 is 2.32 bits per heavy atom. The molecule has 0 unspecified atom stereocenters. The molecule has 0 saturated heterocycles. The summed E-state index contributed by atoms with van der Waals surface area (Å²) in [6.45, 7) is 5.26. The van der Waals surface area contributed by atoms with Crippen LogP contribution in [0.15, 0.2) is 66.7 Å². The molecule has 3 rings (SSSR count). The number of Topliss-reactive ketones (excluding diaryl/α,β-unsaturated/α-hetero) is 1. The van der Waals surface area contributed by atoms with Crippen molar-refractivity contribution in [1.82, 2.24) is 5.32 Å². The summed E-state index contributed by atoms with van der Waals surface area (Å²) in [5, 5.41) is 5.01. The van der Waals surface area contributed by atoms with E-state index in [1.165, 1.54) is 19.2 Å². The number of amides is 1. The first-order valence-corrected chi connectivity index (χ1v) is 12.8. The number of carbonyl (C=O) groups excluding carboxylic acids is 3. The molecule has 0 aliphatic rings. The Morgan fingerprint density at radius 1 is 0.947 bits per heavy atom. The number of nitrogens with one attached hydrogen (secondary N) is 1. The van der Waals surface area contributed by atoms with Gasteiger partial charge < -0.3 is 14.8 Å². The lowest BCUT2D eigenvalue weighted by molar-refractivity contribution is -0.158. The van der Waals surface area contributed by atoms with Gasteiger partial charge in [-0.2, -0.15) is 0 Å². The van der Waals surface area contributed by atoms with Gasteiger partial charge in [-0.15, -0.1) is 0 Å². The zero-order valence-electron chi connectivity index (χ0n) is 22.5. The van der Waals surface area contributed by atoms with Crippen LogP contribution in [-0.4, -0.2) is 43.0 Å². The molecule has 0 spiro atoms. The molecule has 0 saturated carbocycles. The highest BCUT2D eigenvalue weighted by Gasteiger charge is 2.29. The van der Waals surface area contributed by atoms with Crippen molar-refractivity contribution < 1.29 is 28.2 Å². The summed E-state index contributed by atoms with van der Waals surface area (Å²) >= 11 is 0. The van der Waals surface area contributed by atoms with Crippen molar-refractivity contribution >= 4 is 28.4 Å². The quantitative estimate of drug-likeness (QED) is 0.331. The Bertz CT molecular complexity index is 1240. The molecule has 7 heteroatoms. The molecule has 0 aromatic heterocycles. The zero-order chi connectivity index (χ0) is 27.7. The van der Waals surface area contributed by atoms with Crippen molar-refractivity contribution in [2.75, 3.05) is 13.7 Å². The zero-order valence-corrected chi connectivity index (χ0v) is 22.5. The van der Waals surface area contributed by atoms with E-state index >= 15 is 0 Å². The summed E-state index contributed by atoms with van der Waals surface area (Å²) in [6, 6.07) is 19.0. The van der Waals surface area contributed by atoms with Crippen LogP contribution < -0.4 is 5.32 Å². The number of esters is 1. The Hall–Kier alpha value is -3.58. The third-order valence-electron chi connectivity index (χ3n) is 6.15. The van der Waals surface area contributed by atoms with Gasteiger partial charge in [-0.05, 0) is 67.6 Å². The molecule has 202 valence electrons. The molecule has 2 atom stereocenters. The third-order valence-corrected chi connectivity index (χ3v) is 6.15. The van der Waals surface area contributed by atoms with Crippen molar-refractivity contribution in [3.8, 4) is 0 Å². The average molecular weight is 522 g/mol. The Balaban J connectivity index is 1.76. The molecule has 3 aromatic rings. The van der Waals surface area contributed by atoms with Crippen molar-refractivity contribution in [3.05, 3.63) is 83.7 Å². The van der Waals surface area contributed by atoms with Gasteiger partial charge in [-0.3, -0.25) is 14.4 Å².